The summed E-state index contributed by atoms with van der Waals surface area (Å²) in [5, 5.41) is 12.2. The average Bonchev–Trinajstić information content (AvgIpc) is 4.02. The Labute approximate surface area is 314 Å². The van der Waals surface area contributed by atoms with E-state index in [9.17, 15) is 24.3 Å². The number of rotatable bonds is 12. The molecule has 2 fully saturated rings. The number of carbonyl (C=O) groups excluding carboxylic acids is 3. The number of aromatic amines is 2. The number of alkyl carbamates (subject to hydrolysis) is 1. The maximum Gasteiger partial charge on any atom is 0.407 e. The lowest BCUT2D eigenvalue weighted by atomic mass is 10.0. The van der Waals surface area contributed by atoms with E-state index >= 15 is 0 Å². The number of nitrogens with one attached hydrogen (secondary N) is 3. The number of aromatic nitrogens is 4. The molecular weight excluding hydrogens is 688 g/mol. The number of H-pyrrole nitrogens is 2. The maximum atomic E-state index is 13.5. The minimum absolute atomic E-state index is 0.109. The smallest absolute Gasteiger partial charge is 0.407 e. The number of nitrogens with zero attached hydrogens (tertiary/aromatic N) is 5. The van der Waals surface area contributed by atoms with Crippen LogP contribution in [-0.2, 0) is 14.3 Å². The zero-order valence-corrected chi connectivity index (χ0v) is 31.1. The van der Waals surface area contributed by atoms with Crippen LogP contribution in [-0.4, -0.2) is 103 Å². The summed E-state index contributed by atoms with van der Waals surface area (Å²) < 4.78 is 4.75. The predicted molar refractivity (Wildman–Crippen MR) is 203 cm³/mol. The molecule has 2 saturated heterocycles. The van der Waals surface area contributed by atoms with Gasteiger partial charge in [-0.05, 0) is 60.3 Å². The number of hydrogen-bond donors (Lipinski definition) is 4. The molecule has 1 unspecified atom stereocenters. The van der Waals surface area contributed by atoms with Crippen molar-refractivity contribution >= 4 is 24.0 Å². The molecule has 4 N–H and O–H groups in total. The summed E-state index contributed by atoms with van der Waals surface area (Å²) in [6.07, 6.45) is 6.73. The number of imidazole rings is 2. The largest absolute Gasteiger partial charge is 0.465 e. The van der Waals surface area contributed by atoms with Crippen molar-refractivity contribution < 1.29 is 29.0 Å². The normalized spacial score (nSPS) is 18.0. The molecule has 2 aliphatic rings. The summed E-state index contributed by atoms with van der Waals surface area (Å²) in [6, 6.07) is 14.3. The fourth-order valence-corrected chi connectivity index (χ4v) is 7.40. The predicted octanol–water partition coefficient (Wildman–Crippen LogP) is 6.40. The Morgan fingerprint density at radius 3 is 1.76 bits per heavy atom. The van der Waals surface area contributed by atoms with Crippen LogP contribution in [0.4, 0.5) is 9.59 Å². The number of likely N-dealkylation sites (tertiary alicyclic amines) is 2. The fourth-order valence-electron chi connectivity index (χ4n) is 7.40. The van der Waals surface area contributed by atoms with Gasteiger partial charge in [0, 0.05) is 20.1 Å². The molecule has 6 rings (SSSR count). The SMILES string of the molecule is C=CC[C@@H](C(=O)N1CCC[C@H]1c1ncc(-c2ccc(-c3ccc(-c4cnc(C5CCCN5C(=O)[C@@H](NC(=O)OC)C(C)C)[nH]4)cc3)cc2)[nH]1)N(C)C(=O)O. The van der Waals surface area contributed by atoms with Crippen LogP contribution in [0.1, 0.15) is 69.7 Å². The van der Waals surface area contributed by atoms with Crippen molar-refractivity contribution in [1.82, 2.24) is 40.0 Å². The van der Waals surface area contributed by atoms with Crippen molar-refractivity contribution in [2.75, 3.05) is 27.2 Å². The van der Waals surface area contributed by atoms with Crippen molar-refractivity contribution in [2.24, 2.45) is 5.92 Å². The number of carboxylic acid groups (broad SMARTS) is 1. The second kappa shape index (κ2) is 16.4. The van der Waals surface area contributed by atoms with Crippen LogP contribution < -0.4 is 5.32 Å². The number of amides is 4. The van der Waals surface area contributed by atoms with E-state index in [4.69, 9.17) is 4.74 Å². The monoisotopic (exact) mass is 736 g/mol. The van der Waals surface area contributed by atoms with Gasteiger partial charge in [-0.3, -0.25) is 14.5 Å². The second-order valence-corrected chi connectivity index (χ2v) is 14.2. The van der Waals surface area contributed by atoms with Gasteiger partial charge < -0.3 is 34.9 Å². The van der Waals surface area contributed by atoms with E-state index in [0.29, 0.717) is 24.7 Å². The Morgan fingerprint density at radius 1 is 0.870 bits per heavy atom. The van der Waals surface area contributed by atoms with Gasteiger partial charge in [0.1, 0.15) is 23.7 Å². The maximum absolute atomic E-state index is 13.5. The molecule has 2 aromatic heterocycles. The van der Waals surface area contributed by atoms with E-state index in [-0.39, 0.29) is 36.2 Å². The zero-order chi connectivity index (χ0) is 38.5. The Morgan fingerprint density at radius 2 is 1.33 bits per heavy atom. The number of likely N-dealkylation sites (N-methyl/N-ethyl adjacent to an activating group) is 1. The number of benzene rings is 2. The molecule has 0 spiro atoms. The van der Waals surface area contributed by atoms with Gasteiger partial charge in [-0.15, -0.1) is 6.58 Å². The third-order valence-corrected chi connectivity index (χ3v) is 10.5. The lowest BCUT2D eigenvalue weighted by molar-refractivity contribution is -0.137. The molecule has 0 radical (unpaired) electrons. The fraction of sp³-hybridized carbons (Fsp3) is 0.400. The Hall–Kier alpha value is -5.92. The number of ether oxygens (including phenoxy) is 1. The molecule has 54 heavy (non-hydrogen) atoms. The summed E-state index contributed by atoms with van der Waals surface area (Å²) in [5.74, 6) is 0.889. The summed E-state index contributed by atoms with van der Waals surface area (Å²) >= 11 is 0. The van der Waals surface area contributed by atoms with E-state index in [2.05, 4.69) is 56.1 Å². The van der Waals surface area contributed by atoms with Crippen LogP contribution in [0.2, 0.25) is 0 Å². The molecule has 2 aliphatic heterocycles. The Balaban J connectivity index is 1.11. The Bertz CT molecular complexity index is 1970. The van der Waals surface area contributed by atoms with Gasteiger partial charge in [-0.2, -0.15) is 0 Å². The summed E-state index contributed by atoms with van der Waals surface area (Å²) in [7, 11) is 2.69. The standard InChI is InChI=1S/C40H48N8O6/c1-6-9-33(46(4)40(52)53)37(49)47-20-7-10-31(47)35-41-22-29(43-35)27-16-12-25(13-17-27)26-14-18-28(19-15-26)30-23-42-36(44-30)32-11-8-21-48(32)38(50)34(24(2)3)45-39(51)54-5/h6,12-19,22-24,31-34H,1,7-11,20-21H2,2-5H3,(H,41,43)(H,42,44)(H,45,51)(H,52,53)/t31-,32?,33-,34-/m0/s1. The zero-order valence-electron chi connectivity index (χ0n) is 31.1. The van der Waals surface area contributed by atoms with Gasteiger partial charge in [-0.1, -0.05) is 68.5 Å². The van der Waals surface area contributed by atoms with Crippen molar-refractivity contribution in [3.05, 3.63) is 85.2 Å². The van der Waals surface area contributed by atoms with E-state index in [0.717, 1.165) is 64.2 Å². The molecule has 4 aromatic rings. The lowest BCUT2D eigenvalue weighted by Gasteiger charge is -2.31. The quantitative estimate of drug-likeness (QED) is 0.121. The number of hydrogen-bond acceptors (Lipinski definition) is 7. The first-order chi connectivity index (χ1) is 26.0. The van der Waals surface area contributed by atoms with Crippen molar-refractivity contribution in [2.45, 2.75) is 70.1 Å². The van der Waals surface area contributed by atoms with Gasteiger partial charge in [0.25, 0.3) is 0 Å². The highest BCUT2D eigenvalue weighted by Crippen LogP contribution is 2.35. The van der Waals surface area contributed by atoms with Crippen LogP contribution in [0.5, 0.6) is 0 Å². The number of methoxy groups -OCH3 is 1. The first-order valence-corrected chi connectivity index (χ1v) is 18.3. The highest BCUT2D eigenvalue weighted by Gasteiger charge is 2.39. The van der Waals surface area contributed by atoms with Crippen LogP contribution in [0, 0.1) is 5.92 Å². The highest BCUT2D eigenvalue weighted by molar-refractivity contribution is 5.87. The van der Waals surface area contributed by atoms with Crippen LogP contribution in [0.3, 0.4) is 0 Å². The summed E-state index contributed by atoms with van der Waals surface area (Å²) in [6.45, 7) is 8.62. The average molecular weight is 737 g/mol. The molecule has 2 aromatic carbocycles. The van der Waals surface area contributed by atoms with Crippen LogP contribution in [0.15, 0.2) is 73.6 Å². The van der Waals surface area contributed by atoms with Crippen LogP contribution >= 0.6 is 0 Å². The molecule has 14 heteroatoms. The van der Waals surface area contributed by atoms with Gasteiger partial charge >= 0.3 is 12.2 Å². The molecule has 284 valence electrons. The van der Waals surface area contributed by atoms with E-state index in [1.807, 2.05) is 38.1 Å². The highest BCUT2D eigenvalue weighted by atomic mass is 16.5. The van der Waals surface area contributed by atoms with E-state index < -0.39 is 24.3 Å². The molecule has 0 bridgehead atoms. The second-order valence-electron chi connectivity index (χ2n) is 14.2. The molecule has 0 saturated carbocycles. The third-order valence-electron chi connectivity index (χ3n) is 10.5. The molecule has 14 nitrogen and oxygen atoms in total. The third kappa shape index (κ3) is 7.87. The van der Waals surface area contributed by atoms with Gasteiger partial charge in [0.05, 0.1) is 43.0 Å². The van der Waals surface area contributed by atoms with Crippen molar-refractivity contribution in [3.63, 3.8) is 0 Å². The van der Waals surface area contributed by atoms with Crippen molar-refractivity contribution in [3.8, 4) is 33.6 Å². The summed E-state index contributed by atoms with van der Waals surface area (Å²) in [5.41, 5.74) is 5.67. The minimum Gasteiger partial charge on any atom is -0.465 e. The van der Waals surface area contributed by atoms with E-state index in [1.165, 1.54) is 14.2 Å². The van der Waals surface area contributed by atoms with E-state index in [1.54, 1.807) is 28.3 Å². The van der Waals surface area contributed by atoms with Crippen LogP contribution in [0.25, 0.3) is 33.6 Å². The molecule has 4 atom stereocenters. The first kappa shape index (κ1) is 37.8. The number of carbonyl (C=O) groups is 4. The first-order valence-electron chi connectivity index (χ1n) is 18.3. The molecule has 4 heterocycles. The lowest BCUT2D eigenvalue weighted by Crippen LogP contribution is -2.51. The summed E-state index contributed by atoms with van der Waals surface area (Å²) in [4.78, 5) is 71.3. The van der Waals surface area contributed by atoms with Gasteiger partial charge in [0.2, 0.25) is 11.8 Å². The topological polar surface area (TPSA) is 177 Å². The van der Waals surface area contributed by atoms with Crippen molar-refractivity contribution in [1.29, 1.82) is 0 Å². The van der Waals surface area contributed by atoms with Gasteiger partial charge in [0.15, 0.2) is 0 Å². The molecule has 0 aliphatic carbocycles. The van der Waals surface area contributed by atoms with Gasteiger partial charge in [-0.25, -0.2) is 19.6 Å². The molecular formula is C40H48N8O6. The Kier molecular flexibility index (Phi) is 11.5. The molecule has 4 amide bonds. The minimum atomic E-state index is -1.16.